The molecule has 24 heavy (non-hydrogen) atoms. The summed E-state index contributed by atoms with van der Waals surface area (Å²) in [5.74, 6) is 0.144. The molecular formula is C17H16N4O2S. The minimum absolute atomic E-state index is 0.0364. The number of thioether (sulfide) groups is 1. The van der Waals surface area contributed by atoms with Crippen molar-refractivity contribution < 1.29 is 9.90 Å². The maximum Gasteiger partial charge on any atom is 0.214 e. The Bertz CT molecular complexity index is 864. The molecule has 0 saturated carbocycles. The molecule has 3 rings (SSSR count). The van der Waals surface area contributed by atoms with Crippen LogP contribution in [0.25, 0.3) is 5.69 Å². The predicted octanol–water partition coefficient (Wildman–Crippen LogP) is 3.04. The number of phenolic OH excluding ortho intramolecular Hbond substituents is 1. The number of hydrogen-bond donors (Lipinski definition) is 1. The van der Waals surface area contributed by atoms with Crippen molar-refractivity contribution in [2.45, 2.75) is 24.3 Å². The van der Waals surface area contributed by atoms with Crippen LogP contribution in [0.2, 0.25) is 0 Å². The van der Waals surface area contributed by atoms with Gasteiger partial charge in [-0.1, -0.05) is 30.0 Å². The third kappa shape index (κ3) is 3.30. The molecule has 0 aliphatic carbocycles. The van der Waals surface area contributed by atoms with Crippen LogP contribution in [-0.2, 0) is 0 Å². The predicted molar refractivity (Wildman–Crippen MR) is 91.6 cm³/mol. The van der Waals surface area contributed by atoms with E-state index in [2.05, 4.69) is 15.5 Å². The first-order valence-corrected chi connectivity index (χ1v) is 8.28. The van der Waals surface area contributed by atoms with E-state index in [0.717, 1.165) is 5.69 Å². The SMILES string of the molecule is Cc1cc(C(=O)C(C)Sc2nnnn2-c2ccccc2)ccc1O. The van der Waals surface area contributed by atoms with Gasteiger partial charge in [-0.3, -0.25) is 4.79 Å². The number of rotatable bonds is 5. The second-order valence-electron chi connectivity index (χ2n) is 5.33. The van der Waals surface area contributed by atoms with E-state index in [0.29, 0.717) is 16.3 Å². The highest BCUT2D eigenvalue weighted by Gasteiger charge is 2.21. The van der Waals surface area contributed by atoms with Crippen molar-refractivity contribution in [1.82, 2.24) is 20.2 Å². The molecule has 1 heterocycles. The highest BCUT2D eigenvalue weighted by atomic mass is 32.2. The van der Waals surface area contributed by atoms with E-state index in [1.165, 1.54) is 17.8 Å². The summed E-state index contributed by atoms with van der Waals surface area (Å²) in [5.41, 5.74) is 2.07. The lowest BCUT2D eigenvalue weighted by atomic mass is 10.1. The van der Waals surface area contributed by atoms with Gasteiger partial charge in [-0.15, -0.1) is 5.10 Å². The number of aromatic hydroxyl groups is 1. The Morgan fingerprint density at radius 3 is 2.67 bits per heavy atom. The summed E-state index contributed by atoms with van der Waals surface area (Å²) in [4.78, 5) is 12.6. The molecule has 0 amide bonds. The van der Waals surface area contributed by atoms with Crippen LogP contribution in [0.3, 0.4) is 0 Å². The smallest absolute Gasteiger partial charge is 0.214 e. The summed E-state index contributed by atoms with van der Waals surface area (Å²) in [6, 6.07) is 14.4. The molecule has 0 fully saturated rings. The Labute approximate surface area is 143 Å². The van der Waals surface area contributed by atoms with Crippen molar-refractivity contribution in [2.75, 3.05) is 0 Å². The van der Waals surface area contributed by atoms with Gasteiger partial charge in [-0.25, -0.2) is 0 Å². The second kappa shape index (κ2) is 6.84. The largest absolute Gasteiger partial charge is 0.508 e. The molecule has 0 radical (unpaired) electrons. The average Bonchev–Trinajstić information content (AvgIpc) is 3.05. The first kappa shape index (κ1) is 16.2. The van der Waals surface area contributed by atoms with Gasteiger partial charge in [-0.05, 0) is 60.2 Å². The van der Waals surface area contributed by atoms with Crippen molar-refractivity contribution in [3.63, 3.8) is 0 Å². The lowest BCUT2D eigenvalue weighted by molar-refractivity contribution is 0.0993. The number of tetrazole rings is 1. The van der Waals surface area contributed by atoms with Gasteiger partial charge in [0.15, 0.2) is 5.78 Å². The minimum atomic E-state index is -0.359. The van der Waals surface area contributed by atoms with Crippen LogP contribution >= 0.6 is 11.8 Å². The highest BCUT2D eigenvalue weighted by Crippen LogP contribution is 2.26. The molecule has 1 N–H and O–H groups in total. The molecule has 0 spiro atoms. The van der Waals surface area contributed by atoms with Gasteiger partial charge in [0.2, 0.25) is 5.16 Å². The van der Waals surface area contributed by atoms with Gasteiger partial charge in [0.25, 0.3) is 0 Å². The molecule has 7 heteroatoms. The molecule has 1 aromatic heterocycles. The third-order valence-electron chi connectivity index (χ3n) is 3.57. The van der Waals surface area contributed by atoms with E-state index in [9.17, 15) is 9.90 Å². The van der Waals surface area contributed by atoms with E-state index in [1.54, 1.807) is 23.7 Å². The Morgan fingerprint density at radius 2 is 1.96 bits per heavy atom. The van der Waals surface area contributed by atoms with Crippen LogP contribution in [-0.4, -0.2) is 36.3 Å². The van der Waals surface area contributed by atoms with E-state index >= 15 is 0 Å². The molecule has 0 bridgehead atoms. The van der Waals surface area contributed by atoms with E-state index < -0.39 is 0 Å². The number of carbonyl (C=O) groups is 1. The average molecular weight is 340 g/mol. The van der Waals surface area contributed by atoms with Crippen LogP contribution in [0.4, 0.5) is 0 Å². The van der Waals surface area contributed by atoms with Gasteiger partial charge in [0, 0.05) is 5.56 Å². The molecule has 1 atom stereocenters. The number of carbonyl (C=O) groups excluding carboxylic acids is 1. The fourth-order valence-electron chi connectivity index (χ4n) is 2.24. The molecule has 0 aliphatic rings. The first-order chi connectivity index (χ1) is 11.6. The van der Waals surface area contributed by atoms with Crippen molar-refractivity contribution in [1.29, 1.82) is 0 Å². The number of aromatic nitrogens is 4. The monoisotopic (exact) mass is 340 g/mol. The summed E-state index contributed by atoms with van der Waals surface area (Å²) in [5, 5.41) is 21.5. The van der Waals surface area contributed by atoms with Crippen molar-refractivity contribution in [3.8, 4) is 11.4 Å². The van der Waals surface area contributed by atoms with Crippen LogP contribution in [0, 0.1) is 6.92 Å². The number of aryl methyl sites for hydroxylation is 1. The molecule has 122 valence electrons. The maximum absolute atomic E-state index is 12.6. The van der Waals surface area contributed by atoms with E-state index in [4.69, 9.17) is 0 Å². The van der Waals surface area contributed by atoms with Gasteiger partial charge >= 0.3 is 0 Å². The van der Waals surface area contributed by atoms with Gasteiger partial charge in [-0.2, -0.15) is 4.68 Å². The normalized spacial score (nSPS) is 12.1. The standard InChI is InChI=1S/C17H16N4O2S/c1-11-10-13(8-9-15(11)22)16(23)12(2)24-17-18-19-20-21(17)14-6-4-3-5-7-14/h3-10,12,22H,1-2H3. The number of Topliss-reactive ketones (excluding diaryl/α,β-unsaturated/α-hetero) is 1. The Hall–Kier alpha value is -2.67. The van der Waals surface area contributed by atoms with Crippen LogP contribution < -0.4 is 0 Å². The Morgan fingerprint density at radius 1 is 1.21 bits per heavy atom. The van der Waals surface area contributed by atoms with Crippen LogP contribution in [0.1, 0.15) is 22.8 Å². The van der Waals surface area contributed by atoms with Crippen LogP contribution in [0.15, 0.2) is 53.7 Å². The van der Waals surface area contributed by atoms with Gasteiger partial charge < -0.3 is 5.11 Å². The summed E-state index contributed by atoms with van der Waals surface area (Å²) in [6.45, 7) is 3.58. The lowest BCUT2D eigenvalue weighted by Gasteiger charge is -2.11. The zero-order valence-corrected chi connectivity index (χ0v) is 14.1. The zero-order valence-electron chi connectivity index (χ0n) is 13.2. The number of nitrogens with zero attached hydrogens (tertiary/aromatic N) is 4. The van der Waals surface area contributed by atoms with Gasteiger partial charge in [0.05, 0.1) is 10.9 Å². The summed E-state index contributed by atoms with van der Waals surface area (Å²) in [7, 11) is 0. The van der Waals surface area contributed by atoms with Crippen molar-refractivity contribution in [3.05, 3.63) is 59.7 Å². The fraction of sp³-hybridized carbons (Fsp3) is 0.176. The first-order valence-electron chi connectivity index (χ1n) is 7.40. The Kier molecular flexibility index (Phi) is 4.61. The zero-order chi connectivity index (χ0) is 17.1. The molecule has 0 saturated heterocycles. The number of benzene rings is 2. The Balaban J connectivity index is 1.80. The molecule has 6 nitrogen and oxygen atoms in total. The van der Waals surface area contributed by atoms with E-state index in [1.807, 2.05) is 37.3 Å². The van der Waals surface area contributed by atoms with E-state index in [-0.39, 0.29) is 16.8 Å². The number of phenols is 1. The second-order valence-corrected chi connectivity index (χ2v) is 6.64. The lowest BCUT2D eigenvalue weighted by Crippen LogP contribution is -2.15. The summed E-state index contributed by atoms with van der Waals surface area (Å²) < 4.78 is 1.61. The topological polar surface area (TPSA) is 80.9 Å². The summed E-state index contributed by atoms with van der Waals surface area (Å²) in [6.07, 6.45) is 0. The number of para-hydroxylation sites is 1. The number of hydrogen-bond acceptors (Lipinski definition) is 6. The molecule has 3 aromatic rings. The molecule has 1 unspecified atom stereocenters. The van der Waals surface area contributed by atoms with Gasteiger partial charge in [0.1, 0.15) is 5.75 Å². The quantitative estimate of drug-likeness (QED) is 0.568. The minimum Gasteiger partial charge on any atom is -0.508 e. The summed E-state index contributed by atoms with van der Waals surface area (Å²) >= 11 is 1.30. The molecule has 2 aromatic carbocycles. The third-order valence-corrected chi connectivity index (χ3v) is 4.61. The highest BCUT2D eigenvalue weighted by molar-refractivity contribution is 8.00. The maximum atomic E-state index is 12.6. The number of ketones is 1. The molecule has 0 aliphatic heterocycles. The van der Waals surface area contributed by atoms with Crippen molar-refractivity contribution >= 4 is 17.5 Å². The fourth-order valence-corrected chi connectivity index (χ4v) is 3.12. The molecular weight excluding hydrogens is 324 g/mol. The van der Waals surface area contributed by atoms with Crippen molar-refractivity contribution in [2.24, 2.45) is 0 Å². The van der Waals surface area contributed by atoms with Crippen LogP contribution in [0.5, 0.6) is 5.75 Å².